The number of hydrogen-bond acceptors (Lipinski definition) is 4. The van der Waals surface area contributed by atoms with E-state index in [0.29, 0.717) is 32.6 Å². The van der Waals surface area contributed by atoms with Gasteiger partial charge >= 0.3 is 0 Å². The van der Waals surface area contributed by atoms with Gasteiger partial charge in [-0.05, 0) is 28.1 Å². The largest absolute Gasteiger partial charge is 0.388 e. The van der Waals surface area contributed by atoms with Gasteiger partial charge in [-0.2, -0.15) is 0 Å². The van der Waals surface area contributed by atoms with Crippen LogP contribution in [0.1, 0.15) is 12.8 Å². The van der Waals surface area contributed by atoms with Crippen LogP contribution >= 0.6 is 15.9 Å². The first-order chi connectivity index (χ1) is 9.59. The van der Waals surface area contributed by atoms with Gasteiger partial charge in [-0.25, -0.2) is 0 Å². The maximum atomic E-state index is 11.8. The van der Waals surface area contributed by atoms with Crippen LogP contribution in [0.2, 0.25) is 0 Å². The van der Waals surface area contributed by atoms with Gasteiger partial charge in [0.15, 0.2) is 0 Å². The van der Waals surface area contributed by atoms with E-state index in [1.807, 2.05) is 24.3 Å². The molecule has 0 aliphatic carbocycles. The summed E-state index contributed by atoms with van der Waals surface area (Å²) in [6, 6.07) is 7.44. The lowest BCUT2D eigenvalue weighted by atomic mass is 9.94. The SMILES string of the molecule is O=C(CNCC1(O)CCOCC1)Nc1ccccc1Br. The van der Waals surface area contributed by atoms with E-state index in [1.54, 1.807) is 0 Å². The van der Waals surface area contributed by atoms with Crippen LogP contribution in [0.4, 0.5) is 5.69 Å². The molecule has 6 heteroatoms. The Balaban J connectivity index is 1.74. The molecule has 20 heavy (non-hydrogen) atoms. The maximum Gasteiger partial charge on any atom is 0.238 e. The fraction of sp³-hybridized carbons (Fsp3) is 0.500. The molecule has 1 heterocycles. The van der Waals surface area contributed by atoms with E-state index in [0.717, 1.165) is 10.2 Å². The highest BCUT2D eigenvalue weighted by Gasteiger charge is 2.29. The van der Waals surface area contributed by atoms with Crippen LogP contribution in [0, 0.1) is 0 Å². The molecule has 0 unspecified atom stereocenters. The smallest absolute Gasteiger partial charge is 0.238 e. The first-order valence-electron chi connectivity index (χ1n) is 6.64. The summed E-state index contributed by atoms with van der Waals surface area (Å²) in [5.41, 5.74) is -0.0182. The van der Waals surface area contributed by atoms with Gasteiger partial charge in [0, 0.05) is 37.1 Å². The molecule has 1 aromatic rings. The zero-order valence-corrected chi connectivity index (χ0v) is 12.8. The van der Waals surface area contributed by atoms with Gasteiger partial charge in [0.25, 0.3) is 0 Å². The molecule has 1 fully saturated rings. The molecule has 110 valence electrons. The average molecular weight is 343 g/mol. The quantitative estimate of drug-likeness (QED) is 0.758. The Morgan fingerprint density at radius 2 is 2.05 bits per heavy atom. The van der Waals surface area contributed by atoms with Gasteiger partial charge in [-0.1, -0.05) is 12.1 Å². The molecule has 1 aliphatic heterocycles. The second-order valence-electron chi connectivity index (χ2n) is 4.97. The van der Waals surface area contributed by atoms with Crippen molar-refractivity contribution < 1.29 is 14.6 Å². The van der Waals surface area contributed by atoms with Crippen molar-refractivity contribution >= 4 is 27.5 Å². The minimum atomic E-state index is -0.758. The minimum absolute atomic E-state index is 0.132. The van der Waals surface area contributed by atoms with Gasteiger partial charge < -0.3 is 20.5 Å². The van der Waals surface area contributed by atoms with E-state index >= 15 is 0 Å². The van der Waals surface area contributed by atoms with E-state index in [1.165, 1.54) is 0 Å². The second kappa shape index (κ2) is 7.17. The van der Waals surface area contributed by atoms with Crippen molar-refractivity contribution in [2.75, 3.05) is 31.6 Å². The zero-order chi connectivity index (χ0) is 14.4. The number of aliphatic hydroxyl groups is 1. The molecule has 1 amide bonds. The standard InChI is InChI=1S/C14H19BrN2O3/c15-11-3-1-2-4-12(11)17-13(18)9-16-10-14(19)5-7-20-8-6-14/h1-4,16,19H,5-10H2,(H,17,18). The number of carbonyl (C=O) groups is 1. The number of nitrogens with one attached hydrogen (secondary N) is 2. The van der Waals surface area contributed by atoms with Crippen LogP contribution in [0.15, 0.2) is 28.7 Å². The second-order valence-corrected chi connectivity index (χ2v) is 5.82. The number of ether oxygens (including phenoxy) is 1. The van der Waals surface area contributed by atoms with Crippen molar-refractivity contribution in [1.29, 1.82) is 0 Å². The monoisotopic (exact) mass is 342 g/mol. The van der Waals surface area contributed by atoms with Gasteiger partial charge in [-0.3, -0.25) is 4.79 Å². The predicted octanol–water partition coefficient (Wildman–Crippen LogP) is 1.52. The summed E-state index contributed by atoms with van der Waals surface area (Å²) in [5, 5.41) is 16.0. The van der Waals surface area contributed by atoms with E-state index in [9.17, 15) is 9.90 Å². The predicted molar refractivity (Wildman–Crippen MR) is 80.6 cm³/mol. The summed E-state index contributed by atoms with van der Waals surface area (Å²) in [4.78, 5) is 11.8. The normalized spacial score (nSPS) is 17.7. The first kappa shape index (κ1) is 15.4. The Kier molecular flexibility index (Phi) is 5.54. The van der Waals surface area contributed by atoms with Crippen molar-refractivity contribution in [3.8, 4) is 0 Å². The van der Waals surface area contributed by atoms with Gasteiger partial charge in [-0.15, -0.1) is 0 Å². The highest BCUT2D eigenvalue weighted by atomic mass is 79.9. The molecule has 0 aromatic heterocycles. The van der Waals surface area contributed by atoms with E-state index in [4.69, 9.17) is 4.74 Å². The summed E-state index contributed by atoms with van der Waals surface area (Å²) < 4.78 is 6.06. The van der Waals surface area contributed by atoms with Crippen molar-refractivity contribution in [2.45, 2.75) is 18.4 Å². The van der Waals surface area contributed by atoms with E-state index in [-0.39, 0.29) is 12.5 Å². The molecule has 2 rings (SSSR count). The number of para-hydroxylation sites is 1. The molecule has 3 N–H and O–H groups in total. The van der Waals surface area contributed by atoms with Crippen molar-refractivity contribution in [3.63, 3.8) is 0 Å². The van der Waals surface area contributed by atoms with Gasteiger partial charge in [0.1, 0.15) is 0 Å². The van der Waals surface area contributed by atoms with Gasteiger partial charge in [0.05, 0.1) is 17.8 Å². The van der Waals surface area contributed by atoms with E-state index < -0.39 is 5.60 Å². The summed E-state index contributed by atoms with van der Waals surface area (Å²) in [5.74, 6) is -0.132. The van der Waals surface area contributed by atoms with Gasteiger partial charge in [0.2, 0.25) is 5.91 Å². The molecule has 0 atom stereocenters. The molecule has 0 radical (unpaired) electrons. The number of benzene rings is 1. The van der Waals surface area contributed by atoms with Crippen molar-refractivity contribution in [2.24, 2.45) is 0 Å². The van der Waals surface area contributed by atoms with Crippen LogP contribution in [0.25, 0.3) is 0 Å². The maximum absolute atomic E-state index is 11.8. The Morgan fingerprint density at radius 1 is 1.35 bits per heavy atom. The van der Waals surface area contributed by atoms with Crippen LogP contribution in [-0.4, -0.2) is 42.9 Å². The minimum Gasteiger partial charge on any atom is -0.388 e. The zero-order valence-electron chi connectivity index (χ0n) is 11.2. The highest BCUT2D eigenvalue weighted by molar-refractivity contribution is 9.10. The van der Waals surface area contributed by atoms with Crippen LogP contribution in [0.5, 0.6) is 0 Å². The molecule has 0 bridgehead atoms. The molecule has 5 nitrogen and oxygen atoms in total. The molecule has 1 saturated heterocycles. The fourth-order valence-corrected chi connectivity index (χ4v) is 2.48. The lowest BCUT2D eigenvalue weighted by molar-refractivity contribution is -0.115. The topological polar surface area (TPSA) is 70.6 Å². The Labute approximate surface area is 126 Å². The third kappa shape index (κ3) is 4.56. The molecule has 1 aliphatic rings. The summed E-state index contributed by atoms with van der Waals surface area (Å²) in [6.45, 7) is 1.72. The molecule has 1 aromatic carbocycles. The van der Waals surface area contributed by atoms with Crippen molar-refractivity contribution in [3.05, 3.63) is 28.7 Å². The number of anilines is 1. The molecule has 0 saturated carbocycles. The first-order valence-corrected chi connectivity index (χ1v) is 7.44. The lowest BCUT2D eigenvalue weighted by Crippen LogP contribution is -2.46. The fourth-order valence-electron chi connectivity index (χ4n) is 2.09. The van der Waals surface area contributed by atoms with Crippen molar-refractivity contribution in [1.82, 2.24) is 5.32 Å². The summed E-state index contributed by atoms with van der Waals surface area (Å²) in [6.07, 6.45) is 1.21. The Morgan fingerprint density at radius 3 is 2.75 bits per heavy atom. The van der Waals surface area contributed by atoms with Crippen LogP contribution in [0.3, 0.4) is 0 Å². The highest BCUT2D eigenvalue weighted by Crippen LogP contribution is 2.21. The Hall–Kier alpha value is -0.950. The summed E-state index contributed by atoms with van der Waals surface area (Å²) in [7, 11) is 0. The number of hydrogen-bond donors (Lipinski definition) is 3. The number of rotatable bonds is 5. The lowest BCUT2D eigenvalue weighted by Gasteiger charge is -2.32. The third-order valence-corrected chi connectivity index (χ3v) is 4.00. The van der Waals surface area contributed by atoms with Crippen LogP contribution < -0.4 is 10.6 Å². The average Bonchev–Trinajstić information content (AvgIpc) is 2.42. The molecular formula is C14H19BrN2O3. The van der Waals surface area contributed by atoms with E-state index in [2.05, 4.69) is 26.6 Å². The summed E-state index contributed by atoms with van der Waals surface area (Å²) >= 11 is 3.38. The molecule has 0 spiro atoms. The number of halogens is 1. The Bertz CT molecular complexity index is 461. The number of amides is 1. The van der Waals surface area contributed by atoms with Crippen LogP contribution in [-0.2, 0) is 9.53 Å². The third-order valence-electron chi connectivity index (χ3n) is 3.31. The number of carbonyl (C=O) groups excluding carboxylic acids is 1. The molecular weight excluding hydrogens is 324 g/mol.